The zero-order valence-corrected chi connectivity index (χ0v) is 14.7. The Labute approximate surface area is 146 Å². The summed E-state index contributed by atoms with van der Waals surface area (Å²) in [6, 6.07) is 7.99. The monoisotopic (exact) mass is 347 g/mol. The van der Waals surface area contributed by atoms with Gasteiger partial charge in [-0.3, -0.25) is 4.99 Å². The van der Waals surface area contributed by atoms with Crippen LogP contribution in [0, 0.1) is 0 Å². The first-order valence-corrected chi connectivity index (χ1v) is 8.35. The van der Waals surface area contributed by atoms with Gasteiger partial charge < -0.3 is 19.7 Å². The third kappa shape index (κ3) is 3.62. The van der Waals surface area contributed by atoms with E-state index in [2.05, 4.69) is 36.4 Å². The first kappa shape index (κ1) is 16.6. The van der Waals surface area contributed by atoms with E-state index in [4.69, 9.17) is 11.6 Å². The fourth-order valence-electron chi connectivity index (χ4n) is 2.82. The highest BCUT2D eigenvalue weighted by Crippen LogP contribution is 2.25. The Kier molecular flexibility index (Phi) is 5.20. The van der Waals surface area contributed by atoms with Gasteiger partial charge in [0.15, 0.2) is 11.8 Å². The van der Waals surface area contributed by atoms with Crippen molar-refractivity contribution in [2.45, 2.75) is 6.54 Å². The van der Waals surface area contributed by atoms with Crippen molar-refractivity contribution < 1.29 is 0 Å². The quantitative estimate of drug-likeness (QED) is 0.671. The van der Waals surface area contributed by atoms with Crippen LogP contribution in [0.25, 0.3) is 0 Å². The molecule has 1 aromatic carbocycles. The molecule has 1 aliphatic heterocycles. The molecule has 0 bridgehead atoms. The van der Waals surface area contributed by atoms with Crippen molar-refractivity contribution in [1.29, 1.82) is 0 Å². The summed E-state index contributed by atoms with van der Waals surface area (Å²) in [5.74, 6) is 1.77. The average molecular weight is 348 g/mol. The first-order valence-electron chi connectivity index (χ1n) is 7.97. The number of benzene rings is 1. The molecule has 8 heteroatoms. The van der Waals surface area contributed by atoms with Crippen molar-refractivity contribution in [3.8, 4) is 0 Å². The highest BCUT2D eigenvalue weighted by Gasteiger charge is 2.21. The molecule has 0 saturated carbocycles. The number of guanidine groups is 1. The fraction of sp³-hybridized carbons (Fsp3) is 0.438. The summed E-state index contributed by atoms with van der Waals surface area (Å²) >= 11 is 6.30. The molecule has 0 radical (unpaired) electrons. The molecular weight excluding hydrogens is 326 g/mol. The molecule has 1 aromatic heterocycles. The number of aliphatic imine (C=N–C) groups is 1. The molecule has 1 fully saturated rings. The Morgan fingerprint density at radius 3 is 2.62 bits per heavy atom. The Balaban J connectivity index is 1.57. The maximum atomic E-state index is 6.30. The number of halogens is 1. The highest BCUT2D eigenvalue weighted by atomic mass is 35.5. The number of nitrogens with zero attached hydrogens (tertiary/aromatic N) is 6. The van der Waals surface area contributed by atoms with Crippen LogP contribution in [0.15, 0.2) is 35.6 Å². The molecule has 0 aliphatic carbocycles. The van der Waals surface area contributed by atoms with Crippen LogP contribution in [0.1, 0.15) is 5.82 Å². The van der Waals surface area contributed by atoms with Crippen molar-refractivity contribution in [3.63, 3.8) is 0 Å². The number of para-hydroxylation sites is 1. The summed E-state index contributed by atoms with van der Waals surface area (Å²) in [5.41, 5.74) is 1.10. The molecule has 2 heterocycles. The molecule has 0 amide bonds. The SMILES string of the molecule is CN=C(NCc1nncn1C)N1CCN(c2ccccc2Cl)CC1. The summed E-state index contributed by atoms with van der Waals surface area (Å²) < 4.78 is 1.90. The Morgan fingerprint density at radius 2 is 2.00 bits per heavy atom. The first-order chi connectivity index (χ1) is 11.7. The molecular formula is C16H22ClN7. The average Bonchev–Trinajstić information content (AvgIpc) is 3.02. The second kappa shape index (κ2) is 7.53. The van der Waals surface area contributed by atoms with Crippen molar-refractivity contribution in [2.75, 3.05) is 38.1 Å². The Hall–Kier alpha value is -2.28. The standard InChI is InChI=1S/C16H22ClN7/c1-18-16(19-11-15-21-20-12-22(15)2)24-9-7-23(8-10-24)14-6-4-3-5-13(14)17/h3-6,12H,7-11H2,1-2H3,(H,18,19). The van der Waals surface area contributed by atoms with E-state index in [1.54, 1.807) is 13.4 Å². The lowest BCUT2D eigenvalue weighted by Gasteiger charge is -2.38. The summed E-state index contributed by atoms with van der Waals surface area (Å²) in [7, 11) is 3.74. The number of hydrogen-bond acceptors (Lipinski definition) is 4. The highest BCUT2D eigenvalue weighted by molar-refractivity contribution is 6.33. The molecule has 0 spiro atoms. The Bertz CT molecular complexity index is 704. The normalized spacial score (nSPS) is 15.7. The lowest BCUT2D eigenvalue weighted by Crippen LogP contribution is -2.52. The molecule has 128 valence electrons. The van der Waals surface area contributed by atoms with Crippen molar-refractivity contribution in [2.24, 2.45) is 12.0 Å². The lowest BCUT2D eigenvalue weighted by atomic mass is 10.2. The maximum absolute atomic E-state index is 6.30. The van der Waals surface area contributed by atoms with Crippen LogP contribution in [0.5, 0.6) is 0 Å². The third-order valence-corrected chi connectivity index (χ3v) is 4.51. The van der Waals surface area contributed by atoms with Crippen LogP contribution in [0.3, 0.4) is 0 Å². The summed E-state index contributed by atoms with van der Waals surface area (Å²) in [6.07, 6.45) is 1.70. The lowest BCUT2D eigenvalue weighted by molar-refractivity contribution is 0.372. The van der Waals surface area contributed by atoms with Crippen LogP contribution >= 0.6 is 11.6 Å². The van der Waals surface area contributed by atoms with Gasteiger partial charge in [0.2, 0.25) is 0 Å². The molecule has 2 aromatic rings. The van der Waals surface area contributed by atoms with Gasteiger partial charge in [0.05, 0.1) is 17.3 Å². The number of aryl methyl sites for hydroxylation is 1. The maximum Gasteiger partial charge on any atom is 0.194 e. The molecule has 0 atom stereocenters. The van der Waals surface area contributed by atoms with Crippen molar-refractivity contribution >= 4 is 23.2 Å². The molecule has 7 nitrogen and oxygen atoms in total. The number of anilines is 1. The number of rotatable bonds is 3. The molecule has 24 heavy (non-hydrogen) atoms. The second-order valence-electron chi connectivity index (χ2n) is 5.68. The van der Waals surface area contributed by atoms with Crippen LogP contribution in [0.2, 0.25) is 5.02 Å². The van der Waals surface area contributed by atoms with Gasteiger partial charge in [-0.05, 0) is 12.1 Å². The van der Waals surface area contributed by atoms with Gasteiger partial charge >= 0.3 is 0 Å². The second-order valence-corrected chi connectivity index (χ2v) is 6.09. The zero-order chi connectivity index (χ0) is 16.9. The van der Waals surface area contributed by atoms with Gasteiger partial charge in [-0.25, -0.2) is 0 Å². The van der Waals surface area contributed by atoms with Gasteiger partial charge in [0.25, 0.3) is 0 Å². The molecule has 1 aliphatic rings. The van der Waals surface area contributed by atoms with E-state index in [0.29, 0.717) is 6.54 Å². The number of aromatic nitrogens is 3. The van der Waals surface area contributed by atoms with E-state index >= 15 is 0 Å². The van der Waals surface area contributed by atoms with E-state index in [1.165, 1.54) is 0 Å². The minimum absolute atomic E-state index is 0.605. The summed E-state index contributed by atoms with van der Waals surface area (Å²) in [4.78, 5) is 8.95. The van der Waals surface area contributed by atoms with Gasteiger partial charge in [-0.15, -0.1) is 10.2 Å². The minimum atomic E-state index is 0.605. The van der Waals surface area contributed by atoms with Gasteiger partial charge in [-0.2, -0.15) is 0 Å². The summed E-state index contributed by atoms with van der Waals surface area (Å²) in [6.45, 7) is 4.21. The Morgan fingerprint density at radius 1 is 1.25 bits per heavy atom. The molecule has 0 unspecified atom stereocenters. The van der Waals surface area contributed by atoms with Crippen LogP contribution in [0.4, 0.5) is 5.69 Å². The van der Waals surface area contributed by atoms with Gasteiger partial charge in [0, 0.05) is 40.3 Å². The van der Waals surface area contributed by atoms with E-state index in [9.17, 15) is 0 Å². The van der Waals surface area contributed by atoms with Crippen molar-refractivity contribution in [1.82, 2.24) is 25.0 Å². The van der Waals surface area contributed by atoms with E-state index in [0.717, 1.165) is 48.7 Å². The number of nitrogens with one attached hydrogen (secondary N) is 1. The van der Waals surface area contributed by atoms with Crippen LogP contribution in [-0.4, -0.2) is 58.9 Å². The summed E-state index contributed by atoms with van der Waals surface area (Å²) in [5, 5.41) is 12.1. The fourth-order valence-corrected chi connectivity index (χ4v) is 3.08. The van der Waals surface area contributed by atoms with E-state index in [-0.39, 0.29) is 0 Å². The smallest absolute Gasteiger partial charge is 0.194 e. The number of hydrogen-bond donors (Lipinski definition) is 1. The van der Waals surface area contributed by atoms with E-state index in [1.807, 2.05) is 29.8 Å². The predicted molar refractivity (Wildman–Crippen MR) is 96.4 cm³/mol. The predicted octanol–water partition coefficient (Wildman–Crippen LogP) is 1.37. The number of piperazine rings is 1. The van der Waals surface area contributed by atoms with Crippen LogP contribution < -0.4 is 10.2 Å². The molecule has 1 saturated heterocycles. The third-order valence-electron chi connectivity index (χ3n) is 4.19. The topological polar surface area (TPSA) is 61.6 Å². The molecule has 1 N–H and O–H groups in total. The van der Waals surface area contributed by atoms with Crippen molar-refractivity contribution in [3.05, 3.63) is 41.4 Å². The van der Waals surface area contributed by atoms with E-state index < -0.39 is 0 Å². The minimum Gasteiger partial charge on any atom is -0.367 e. The largest absolute Gasteiger partial charge is 0.367 e. The van der Waals surface area contributed by atoms with Gasteiger partial charge in [0.1, 0.15) is 6.33 Å². The molecule has 3 rings (SSSR count). The van der Waals surface area contributed by atoms with Crippen LogP contribution in [-0.2, 0) is 13.6 Å². The van der Waals surface area contributed by atoms with Gasteiger partial charge in [-0.1, -0.05) is 23.7 Å². The zero-order valence-electron chi connectivity index (χ0n) is 14.0.